The van der Waals surface area contributed by atoms with E-state index in [1.165, 1.54) is 0 Å². The van der Waals surface area contributed by atoms with Crippen LogP contribution in [0.4, 0.5) is 0 Å². The molecule has 0 heterocycles. The molecule has 1 atom stereocenters. The van der Waals surface area contributed by atoms with Gasteiger partial charge in [0.15, 0.2) is 0 Å². The molecule has 0 bridgehead atoms. The van der Waals surface area contributed by atoms with Gasteiger partial charge in [-0.1, -0.05) is 19.8 Å². The summed E-state index contributed by atoms with van der Waals surface area (Å²) < 4.78 is 0. The van der Waals surface area contributed by atoms with Crippen molar-refractivity contribution in [1.82, 2.24) is 0 Å². The van der Waals surface area contributed by atoms with E-state index in [-0.39, 0.29) is 6.54 Å². The molecule has 0 amide bonds. The van der Waals surface area contributed by atoms with Crippen LogP contribution in [-0.4, -0.2) is 11.5 Å². The van der Waals surface area contributed by atoms with Crippen LogP contribution in [-0.2, 0) is 0 Å². The smallest absolute Gasteiger partial charge is 0.219 e. The molecule has 0 aromatic rings. The lowest BCUT2D eigenvalue weighted by Gasteiger charge is -2.00. The number of rotatable bonds is 5. The van der Waals surface area contributed by atoms with Gasteiger partial charge in [0, 0.05) is 4.92 Å². The van der Waals surface area contributed by atoms with Gasteiger partial charge in [0.25, 0.3) is 0 Å². The molecule has 0 saturated heterocycles. The molecule has 0 fully saturated rings. The lowest BCUT2D eigenvalue weighted by atomic mass is 10.0. The van der Waals surface area contributed by atoms with Crippen molar-refractivity contribution in [3.63, 3.8) is 0 Å². The number of hydrogen-bond acceptors (Lipinski definition) is 3. The number of nitro groups is 1. The fourth-order valence-corrected chi connectivity index (χ4v) is 0.827. The Bertz CT molecular complexity index is 162. The molecule has 0 aromatic carbocycles. The van der Waals surface area contributed by atoms with E-state index in [9.17, 15) is 10.1 Å². The van der Waals surface area contributed by atoms with Crippen LogP contribution in [0.1, 0.15) is 26.2 Å². The SMILES string of the molecule is CCCCC(C#N)C[N+](=O)[O-]. The minimum atomic E-state index is -0.427. The average molecular weight is 156 g/mol. The van der Waals surface area contributed by atoms with Crippen LogP contribution in [0.2, 0.25) is 0 Å². The van der Waals surface area contributed by atoms with Crippen molar-refractivity contribution < 1.29 is 4.92 Å². The molecule has 1 unspecified atom stereocenters. The van der Waals surface area contributed by atoms with Gasteiger partial charge in [-0.3, -0.25) is 10.1 Å². The Kier molecular flexibility index (Phi) is 5.09. The summed E-state index contributed by atoms with van der Waals surface area (Å²) in [6.07, 6.45) is 2.52. The summed E-state index contributed by atoms with van der Waals surface area (Å²) in [6, 6.07) is 1.93. The number of hydrogen-bond donors (Lipinski definition) is 0. The lowest BCUT2D eigenvalue weighted by Crippen LogP contribution is -2.12. The first-order valence-electron chi connectivity index (χ1n) is 3.72. The van der Waals surface area contributed by atoms with Crippen LogP contribution in [0.3, 0.4) is 0 Å². The van der Waals surface area contributed by atoms with Crippen molar-refractivity contribution in [3.8, 4) is 6.07 Å². The maximum Gasteiger partial charge on any atom is 0.219 e. The molecule has 0 N–H and O–H groups in total. The van der Waals surface area contributed by atoms with Gasteiger partial charge in [-0.05, 0) is 6.42 Å². The zero-order chi connectivity index (χ0) is 8.69. The monoisotopic (exact) mass is 156 g/mol. The molecule has 0 spiro atoms. The number of nitrogens with zero attached hydrogens (tertiary/aromatic N) is 2. The first kappa shape index (κ1) is 9.89. The van der Waals surface area contributed by atoms with Crippen LogP contribution in [0.15, 0.2) is 0 Å². The molecule has 0 aliphatic heterocycles. The van der Waals surface area contributed by atoms with E-state index >= 15 is 0 Å². The molecule has 0 rings (SSSR count). The van der Waals surface area contributed by atoms with Crippen molar-refractivity contribution in [2.24, 2.45) is 5.92 Å². The first-order valence-corrected chi connectivity index (χ1v) is 3.72. The van der Waals surface area contributed by atoms with Crippen LogP contribution < -0.4 is 0 Å². The normalized spacial score (nSPS) is 12.0. The van der Waals surface area contributed by atoms with E-state index < -0.39 is 10.8 Å². The molecule has 62 valence electrons. The Morgan fingerprint density at radius 3 is 2.73 bits per heavy atom. The van der Waals surface area contributed by atoms with Gasteiger partial charge in [-0.25, -0.2) is 0 Å². The van der Waals surface area contributed by atoms with Crippen molar-refractivity contribution in [3.05, 3.63) is 10.1 Å². The largest absolute Gasteiger partial charge is 0.264 e. The highest BCUT2D eigenvalue weighted by Crippen LogP contribution is 2.06. The quantitative estimate of drug-likeness (QED) is 0.448. The molecule has 11 heavy (non-hydrogen) atoms. The summed E-state index contributed by atoms with van der Waals surface area (Å²) in [4.78, 5) is 9.56. The first-order chi connectivity index (χ1) is 5.20. The number of nitriles is 1. The fourth-order valence-electron chi connectivity index (χ4n) is 0.827. The highest BCUT2D eigenvalue weighted by molar-refractivity contribution is 4.81. The second kappa shape index (κ2) is 5.66. The van der Waals surface area contributed by atoms with E-state index in [1.54, 1.807) is 0 Å². The summed E-state index contributed by atoms with van der Waals surface area (Å²) in [5.41, 5.74) is 0. The van der Waals surface area contributed by atoms with Crippen LogP contribution in [0.5, 0.6) is 0 Å². The molecule has 0 aliphatic carbocycles. The molecular formula is C7H12N2O2. The molecule has 0 aliphatic rings. The van der Waals surface area contributed by atoms with Gasteiger partial charge in [0.2, 0.25) is 6.54 Å². The molecule has 4 heteroatoms. The van der Waals surface area contributed by atoms with E-state index in [2.05, 4.69) is 0 Å². The molecule has 0 aromatic heterocycles. The predicted octanol–water partition coefficient (Wildman–Crippen LogP) is 1.59. The topological polar surface area (TPSA) is 66.9 Å². The standard InChI is InChI=1S/C7H12N2O2/c1-2-3-4-7(5-8)6-9(10)11/h7H,2-4,6H2,1H3. The van der Waals surface area contributed by atoms with Crippen LogP contribution in [0.25, 0.3) is 0 Å². The summed E-state index contributed by atoms with van der Waals surface area (Å²) in [6.45, 7) is 1.79. The third-order valence-corrected chi connectivity index (χ3v) is 1.46. The number of unbranched alkanes of at least 4 members (excludes halogenated alkanes) is 1. The maximum atomic E-state index is 9.99. The van der Waals surface area contributed by atoms with E-state index in [4.69, 9.17) is 5.26 Å². The van der Waals surface area contributed by atoms with Gasteiger partial charge in [0.1, 0.15) is 5.92 Å². The average Bonchev–Trinajstić information content (AvgIpc) is 1.97. The molecule has 4 nitrogen and oxygen atoms in total. The maximum absolute atomic E-state index is 9.99. The molecule has 0 radical (unpaired) electrons. The summed E-state index contributed by atoms with van der Waals surface area (Å²) >= 11 is 0. The summed E-state index contributed by atoms with van der Waals surface area (Å²) in [5, 5.41) is 18.4. The highest BCUT2D eigenvalue weighted by atomic mass is 16.6. The van der Waals surface area contributed by atoms with Gasteiger partial charge < -0.3 is 0 Å². The van der Waals surface area contributed by atoms with Crippen LogP contribution >= 0.6 is 0 Å². The molecular weight excluding hydrogens is 144 g/mol. The fraction of sp³-hybridized carbons (Fsp3) is 0.857. The third-order valence-electron chi connectivity index (χ3n) is 1.46. The Morgan fingerprint density at radius 2 is 2.36 bits per heavy atom. The van der Waals surface area contributed by atoms with Gasteiger partial charge >= 0.3 is 0 Å². The Hall–Kier alpha value is -1.11. The Labute approximate surface area is 66.0 Å². The van der Waals surface area contributed by atoms with Crippen molar-refractivity contribution in [2.75, 3.05) is 6.54 Å². The Morgan fingerprint density at radius 1 is 1.73 bits per heavy atom. The van der Waals surface area contributed by atoms with Crippen molar-refractivity contribution in [1.29, 1.82) is 5.26 Å². The minimum absolute atomic E-state index is 0.212. The summed E-state index contributed by atoms with van der Waals surface area (Å²) in [5.74, 6) is -0.398. The third kappa shape index (κ3) is 5.34. The zero-order valence-electron chi connectivity index (χ0n) is 6.62. The second-order valence-electron chi connectivity index (χ2n) is 2.48. The lowest BCUT2D eigenvalue weighted by molar-refractivity contribution is -0.485. The Balaban J connectivity index is 3.60. The van der Waals surface area contributed by atoms with Crippen molar-refractivity contribution in [2.45, 2.75) is 26.2 Å². The molecule has 0 saturated carbocycles. The van der Waals surface area contributed by atoms with E-state index in [0.717, 1.165) is 12.8 Å². The predicted molar refractivity (Wildman–Crippen MR) is 40.5 cm³/mol. The van der Waals surface area contributed by atoms with E-state index in [0.29, 0.717) is 6.42 Å². The van der Waals surface area contributed by atoms with Gasteiger partial charge in [-0.2, -0.15) is 5.26 Å². The van der Waals surface area contributed by atoms with Gasteiger partial charge in [0.05, 0.1) is 6.07 Å². The zero-order valence-corrected chi connectivity index (χ0v) is 6.62. The minimum Gasteiger partial charge on any atom is -0.264 e. The van der Waals surface area contributed by atoms with E-state index in [1.807, 2.05) is 13.0 Å². The van der Waals surface area contributed by atoms with Crippen molar-refractivity contribution >= 4 is 0 Å². The second-order valence-corrected chi connectivity index (χ2v) is 2.48. The van der Waals surface area contributed by atoms with Crippen LogP contribution in [0, 0.1) is 27.4 Å². The van der Waals surface area contributed by atoms with Gasteiger partial charge in [-0.15, -0.1) is 0 Å². The highest BCUT2D eigenvalue weighted by Gasteiger charge is 2.12. The summed E-state index contributed by atoms with van der Waals surface area (Å²) in [7, 11) is 0.